The summed E-state index contributed by atoms with van der Waals surface area (Å²) in [7, 11) is -1.87. The second kappa shape index (κ2) is 6.89. The minimum atomic E-state index is -3.58. The molecule has 0 radical (unpaired) electrons. The molecule has 1 saturated heterocycles. The summed E-state index contributed by atoms with van der Waals surface area (Å²) in [6, 6.07) is 1.47. The fourth-order valence-corrected chi connectivity index (χ4v) is 3.52. The van der Waals surface area contributed by atoms with Gasteiger partial charge in [0.1, 0.15) is 0 Å². The van der Waals surface area contributed by atoms with Gasteiger partial charge >= 0.3 is 0 Å². The summed E-state index contributed by atoms with van der Waals surface area (Å²) in [5.41, 5.74) is 0.557. The molecular weight excluding hydrogens is 294 g/mol. The van der Waals surface area contributed by atoms with Gasteiger partial charge in [-0.3, -0.25) is 4.90 Å². The minimum Gasteiger partial charge on any atom is -0.390 e. The molecule has 0 bridgehead atoms. The summed E-state index contributed by atoms with van der Waals surface area (Å²) in [4.78, 5) is 2.40. The highest BCUT2D eigenvalue weighted by atomic mass is 32.2. The molecule has 7 nitrogen and oxygen atoms in total. The van der Waals surface area contributed by atoms with Crippen LogP contribution in [0, 0.1) is 0 Å². The molecule has 21 heavy (non-hydrogen) atoms. The van der Waals surface area contributed by atoms with Crippen LogP contribution in [0.3, 0.4) is 0 Å². The number of morpholine rings is 1. The molecule has 1 aliphatic rings. The van der Waals surface area contributed by atoms with Crippen molar-refractivity contribution in [3.63, 3.8) is 0 Å². The van der Waals surface area contributed by atoms with Gasteiger partial charge in [-0.2, -0.15) is 0 Å². The first-order valence-corrected chi connectivity index (χ1v) is 8.54. The summed E-state index contributed by atoms with van der Waals surface area (Å²) >= 11 is 0. The number of rotatable bonds is 6. The fraction of sp³-hybridized carbons (Fsp3) is 0.692. The number of ether oxygens (including phenoxy) is 1. The normalized spacial score (nSPS) is 20.8. The molecule has 120 valence electrons. The lowest BCUT2D eigenvalue weighted by molar-refractivity contribution is -0.0229. The van der Waals surface area contributed by atoms with E-state index in [9.17, 15) is 8.42 Å². The maximum atomic E-state index is 12.2. The molecule has 2 rings (SSSR count). The van der Waals surface area contributed by atoms with E-state index in [0.717, 1.165) is 19.6 Å². The zero-order valence-corrected chi connectivity index (χ0v) is 13.3. The Bertz CT molecular complexity index is 570. The van der Waals surface area contributed by atoms with Gasteiger partial charge < -0.3 is 14.4 Å². The van der Waals surface area contributed by atoms with Crippen LogP contribution in [0.2, 0.25) is 0 Å². The van der Waals surface area contributed by atoms with E-state index in [1.807, 2.05) is 0 Å². The Morgan fingerprint density at radius 3 is 2.90 bits per heavy atom. The number of likely N-dealkylation sites (N-methyl/N-ethyl adjacent to an activating group) is 1. The van der Waals surface area contributed by atoms with E-state index in [2.05, 4.69) is 16.5 Å². The predicted octanol–water partition coefficient (Wildman–Crippen LogP) is -0.484. The Hall–Kier alpha value is -0.930. The zero-order chi connectivity index (χ0) is 15.5. The average molecular weight is 317 g/mol. The van der Waals surface area contributed by atoms with Crippen molar-refractivity contribution < 1.29 is 18.3 Å². The molecule has 1 aromatic rings. The van der Waals surface area contributed by atoms with E-state index in [1.165, 1.54) is 12.3 Å². The Morgan fingerprint density at radius 1 is 1.52 bits per heavy atom. The molecule has 8 heteroatoms. The summed E-state index contributed by atoms with van der Waals surface area (Å²) in [6.45, 7) is 5.32. The van der Waals surface area contributed by atoms with Crippen molar-refractivity contribution in [2.24, 2.45) is 7.05 Å². The van der Waals surface area contributed by atoms with E-state index >= 15 is 0 Å². The third-order valence-corrected chi connectivity index (χ3v) is 5.12. The van der Waals surface area contributed by atoms with Crippen LogP contribution in [0.15, 0.2) is 17.2 Å². The molecule has 0 aliphatic carbocycles. The first-order chi connectivity index (χ1) is 9.96. The molecule has 1 aromatic heterocycles. The van der Waals surface area contributed by atoms with E-state index in [1.54, 1.807) is 11.6 Å². The SMILES string of the molecule is CCN1CCOC(CNS(=O)(=O)c2cc(CO)n(C)c2)C1. The summed E-state index contributed by atoms with van der Waals surface area (Å²) in [5, 5.41) is 9.13. The molecule has 0 saturated carbocycles. The molecule has 2 N–H and O–H groups in total. The van der Waals surface area contributed by atoms with Gasteiger partial charge in [-0.1, -0.05) is 6.92 Å². The lowest BCUT2D eigenvalue weighted by Gasteiger charge is -2.32. The van der Waals surface area contributed by atoms with Gasteiger partial charge in [-0.25, -0.2) is 13.1 Å². The highest BCUT2D eigenvalue weighted by Gasteiger charge is 2.23. The van der Waals surface area contributed by atoms with E-state index in [4.69, 9.17) is 9.84 Å². The number of nitrogens with one attached hydrogen (secondary N) is 1. The number of aliphatic hydroxyl groups excluding tert-OH is 1. The Labute approximate surface area is 125 Å². The van der Waals surface area contributed by atoms with Gasteiger partial charge in [0, 0.05) is 38.6 Å². The van der Waals surface area contributed by atoms with Gasteiger partial charge in [0.05, 0.1) is 24.2 Å². The number of aryl methyl sites for hydroxylation is 1. The van der Waals surface area contributed by atoms with Crippen molar-refractivity contribution in [3.8, 4) is 0 Å². The van der Waals surface area contributed by atoms with Crippen LogP contribution in [0.4, 0.5) is 0 Å². The van der Waals surface area contributed by atoms with Gasteiger partial charge in [-0.15, -0.1) is 0 Å². The van der Waals surface area contributed by atoms with Gasteiger partial charge in [0.2, 0.25) is 10.0 Å². The molecule has 0 amide bonds. The molecule has 2 heterocycles. The predicted molar refractivity (Wildman–Crippen MR) is 78.4 cm³/mol. The van der Waals surface area contributed by atoms with E-state index < -0.39 is 10.0 Å². The lowest BCUT2D eigenvalue weighted by atomic mass is 10.3. The number of nitrogens with zero attached hydrogens (tertiary/aromatic N) is 2. The highest BCUT2D eigenvalue weighted by molar-refractivity contribution is 7.89. The topological polar surface area (TPSA) is 83.8 Å². The number of aliphatic hydroxyl groups is 1. The molecular formula is C13H23N3O4S. The number of sulfonamides is 1. The van der Waals surface area contributed by atoms with E-state index in [-0.39, 0.29) is 24.2 Å². The molecule has 1 fully saturated rings. The van der Waals surface area contributed by atoms with Gasteiger partial charge in [0.25, 0.3) is 0 Å². The summed E-state index contributed by atoms with van der Waals surface area (Å²) in [5.74, 6) is 0. The summed E-state index contributed by atoms with van der Waals surface area (Å²) in [6.07, 6.45) is 1.36. The van der Waals surface area contributed by atoms with Crippen LogP contribution in [-0.2, 0) is 28.4 Å². The number of hydrogen-bond donors (Lipinski definition) is 2. The van der Waals surface area contributed by atoms with Crippen molar-refractivity contribution in [2.75, 3.05) is 32.8 Å². The van der Waals surface area contributed by atoms with Crippen molar-refractivity contribution in [1.29, 1.82) is 0 Å². The second-order valence-corrected chi connectivity index (χ2v) is 6.94. The van der Waals surface area contributed by atoms with Crippen molar-refractivity contribution in [2.45, 2.75) is 24.5 Å². The largest absolute Gasteiger partial charge is 0.390 e. The van der Waals surface area contributed by atoms with Crippen LogP contribution < -0.4 is 4.72 Å². The smallest absolute Gasteiger partial charge is 0.242 e. The van der Waals surface area contributed by atoms with Crippen LogP contribution in [0.25, 0.3) is 0 Å². The Balaban J connectivity index is 1.97. The average Bonchev–Trinajstić information content (AvgIpc) is 2.87. The zero-order valence-electron chi connectivity index (χ0n) is 12.4. The standard InChI is InChI=1S/C13H23N3O4S/c1-3-16-4-5-20-12(8-16)7-14-21(18,19)13-6-11(10-17)15(2)9-13/h6,9,12,14,17H,3-5,7-8,10H2,1-2H3. The monoisotopic (exact) mass is 317 g/mol. The Kier molecular flexibility index (Phi) is 5.39. The van der Waals surface area contributed by atoms with Crippen molar-refractivity contribution in [3.05, 3.63) is 18.0 Å². The Morgan fingerprint density at radius 2 is 2.29 bits per heavy atom. The summed E-state index contributed by atoms with van der Waals surface area (Å²) < 4.78 is 34.2. The first kappa shape index (κ1) is 16.4. The molecule has 1 atom stereocenters. The van der Waals surface area contributed by atoms with Crippen molar-refractivity contribution in [1.82, 2.24) is 14.2 Å². The highest BCUT2D eigenvalue weighted by Crippen LogP contribution is 2.14. The number of aromatic nitrogens is 1. The fourth-order valence-electron chi connectivity index (χ4n) is 2.36. The first-order valence-electron chi connectivity index (χ1n) is 7.06. The van der Waals surface area contributed by atoms with Crippen LogP contribution in [-0.4, -0.2) is 61.9 Å². The third kappa shape index (κ3) is 4.04. The third-order valence-electron chi connectivity index (χ3n) is 3.73. The van der Waals surface area contributed by atoms with Gasteiger partial charge in [0.15, 0.2) is 0 Å². The second-order valence-electron chi connectivity index (χ2n) is 5.17. The van der Waals surface area contributed by atoms with Crippen LogP contribution in [0.1, 0.15) is 12.6 Å². The lowest BCUT2D eigenvalue weighted by Crippen LogP contribution is -2.47. The molecule has 1 aliphatic heterocycles. The quantitative estimate of drug-likeness (QED) is 0.740. The molecule has 0 aromatic carbocycles. The van der Waals surface area contributed by atoms with E-state index in [0.29, 0.717) is 12.3 Å². The van der Waals surface area contributed by atoms with Gasteiger partial charge in [-0.05, 0) is 12.6 Å². The van der Waals surface area contributed by atoms with Crippen LogP contribution in [0.5, 0.6) is 0 Å². The van der Waals surface area contributed by atoms with Crippen molar-refractivity contribution >= 4 is 10.0 Å². The number of hydrogen-bond acceptors (Lipinski definition) is 5. The maximum absolute atomic E-state index is 12.2. The molecule has 0 spiro atoms. The van der Waals surface area contributed by atoms with Crippen LogP contribution >= 0.6 is 0 Å². The maximum Gasteiger partial charge on any atom is 0.242 e. The molecule has 1 unspecified atom stereocenters. The minimum absolute atomic E-state index is 0.130.